The van der Waals surface area contributed by atoms with Crippen molar-refractivity contribution in [2.24, 2.45) is 5.73 Å². The first-order chi connectivity index (χ1) is 18.0. The van der Waals surface area contributed by atoms with Crippen LogP contribution in [0.15, 0.2) is 30.3 Å². The van der Waals surface area contributed by atoms with Crippen molar-refractivity contribution in [2.45, 2.75) is 49.7 Å². The van der Waals surface area contributed by atoms with E-state index in [9.17, 15) is 49.1 Å². The average Bonchev–Trinajstić information content (AvgIpc) is 3.42. The predicted molar refractivity (Wildman–Crippen MR) is 119 cm³/mol. The summed E-state index contributed by atoms with van der Waals surface area (Å²) in [5.41, 5.74) is 1.87. The average molecular weight is 568 g/mol. The third-order valence-electron chi connectivity index (χ3n) is 6.67. The standard InChI is InChI=1S/C24H21F9N4O2/c25-18-8-20(27)19(26)2-11(18)1-14(34)6-21(38)36-9-17-7-16(36)10-37(17)22(39)35-15-4-12(23(28,29)30)3-13(5-15)24(31,32)33/h2-5,8,14,16-17H,1,6-7,9-10,34H2,(H,35,39)/t14-,16-,17-/m1/s1. The summed E-state index contributed by atoms with van der Waals surface area (Å²) < 4.78 is 119. The maximum absolute atomic E-state index is 13.9. The number of benzene rings is 2. The molecule has 2 aromatic carbocycles. The van der Waals surface area contributed by atoms with Crippen molar-refractivity contribution in [3.63, 3.8) is 0 Å². The highest BCUT2D eigenvalue weighted by Gasteiger charge is 2.47. The number of carbonyl (C=O) groups is 2. The molecular weight excluding hydrogens is 547 g/mol. The fourth-order valence-corrected chi connectivity index (χ4v) is 4.86. The number of hydrogen-bond donors (Lipinski definition) is 2. The number of fused-ring (bicyclic) bond motifs is 2. The lowest BCUT2D eigenvalue weighted by molar-refractivity contribution is -0.143. The van der Waals surface area contributed by atoms with Gasteiger partial charge in [-0.2, -0.15) is 26.3 Å². The molecular formula is C24H21F9N4O2. The number of anilines is 1. The molecule has 2 aliphatic heterocycles. The summed E-state index contributed by atoms with van der Waals surface area (Å²) in [6.45, 7) is 0.0138. The number of rotatable bonds is 5. The highest BCUT2D eigenvalue weighted by molar-refractivity contribution is 5.90. The summed E-state index contributed by atoms with van der Waals surface area (Å²) in [5.74, 6) is -4.08. The van der Waals surface area contributed by atoms with Crippen LogP contribution in [0.5, 0.6) is 0 Å². The summed E-state index contributed by atoms with van der Waals surface area (Å²) in [4.78, 5) is 28.1. The van der Waals surface area contributed by atoms with E-state index in [0.717, 1.165) is 0 Å². The van der Waals surface area contributed by atoms with Crippen LogP contribution in [0, 0.1) is 17.5 Å². The number of nitrogens with two attached hydrogens (primary N) is 1. The summed E-state index contributed by atoms with van der Waals surface area (Å²) in [5, 5.41) is 2.08. The zero-order valence-electron chi connectivity index (χ0n) is 19.8. The first-order valence-electron chi connectivity index (χ1n) is 11.6. The Kier molecular flexibility index (Phi) is 7.49. The van der Waals surface area contributed by atoms with Crippen LogP contribution in [-0.4, -0.2) is 53.0 Å². The van der Waals surface area contributed by atoms with Crippen molar-refractivity contribution in [2.75, 3.05) is 18.4 Å². The lowest BCUT2D eigenvalue weighted by Crippen LogP contribution is -2.52. The summed E-state index contributed by atoms with van der Waals surface area (Å²) >= 11 is 0. The first kappa shape index (κ1) is 28.5. The normalized spacial score (nSPS) is 19.9. The number of alkyl halides is 6. The monoisotopic (exact) mass is 568 g/mol. The van der Waals surface area contributed by atoms with Gasteiger partial charge in [-0.3, -0.25) is 4.79 Å². The maximum Gasteiger partial charge on any atom is 0.416 e. The van der Waals surface area contributed by atoms with Crippen molar-refractivity contribution >= 4 is 17.6 Å². The van der Waals surface area contributed by atoms with Crippen molar-refractivity contribution in [1.82, 2.24) is 9.80 Å². The van der Waals surface area contributed by atoms with Crippen LogP contribution < -0.4 is 11.1 Å². The lowest BCUT2D eigenvalue weighted by Gasteiger charge is -2.34. The van der Waals surface area contributed by atoms with Crippen molar-refractivity contribution in [3.8, 4) is 0 Å². The highest BCUT2D eigenvalue weighted by Crippen LogP contribution is 2.38. The highest BCUT2D eigenvalue weighted by atomic mass is 19.4. The van der Waals surface area contributed by atoms with Gasteiger partial charge >= 0.3 is 18.4 Å². The molecule has 2 heterocycles. The molecule has 6 nitrogen and oxygen atoms in total. The van der Waals surface area contributed by atoms with E-state index in [0.29, 0.717) is 30.7 Å². The molecule has 0 radical (unpaired) electrons. The topological polar surface area (TPSA) is 78.7 Å². The number of urea groups is 1. The smallest absolute Gasteiger partial charge is 0.336 e. The van der Waals surface area contributed by atoms with E-state index < -0.39 is 76.7 Å². The van der Waals surface area contributed by atoms with Crippen LogP contribution >= 0.6 is 0 Å². The molecule has 15 heteroatoms. The fourth-order valence-electron chi connectivity index (χ4n) is 4.86. The van der Waals surface area contributed by atoms with E-state index >= 15 is 0 Å². The number of hydrogen-bond acceptors (Lipinski definition) is 3. The number of nitrogens with zero attached hydrogens (tertiary/aromatic N) is 2. The van der Waals surface area contributed by atoms with E-state index in [2.05, 4.69) is 5.32 Å². The molecule has 3 amide bonds. The Labute approximate surface area is 215 Å². The lowest BCUT2D eigenvalue weighted by atomic mass is 10.0. The van der Waals surface area contributed by atoms with Gasteiger partial charge in [0.25, 0.3) is 0 Å². The second-order valence-electron chi connectivity index (χ2n) is 9.49. The maximum atomic E-state index is 13.9. The van der Waals surface area contributed by atoms with Gasteiger partial charge in [-0.25, -0.2) is 18.0 Å². The SMILES string of the molecule is N[C@@H](CC(=O)N1C[C@H]2C[C@@H]1CN2C(=O)Nc1cc(C(F)(F)F)cc(C(F)(F)F)c1)Cc1cc(F)c(F)cc1F. The molecule has 4 rings (SSSR count). The molecule has 0 spiro atoms. The minimum Gasteiger partial charge on any atom is -0.336 e. The van der Waals surface area contributed by atoms with Crippen LogP contribution in [-0.2, 0) is 23.6 Å². The van der Waals surface area contributed by atoms with Crippen molar-refractivity contribution in [3.05, 3.63) is 64.5 Å². The van der Waals surface area contributed by atoms with Gasteiger partial charge in [0.15, 0.2) is 11.6 Å². The molecule has 2 saturated heterocycles. The third kappa shape index (κ3) is 6.23. The molecule has 2 aromatic rings. The number of likely N-dealkylation sites (tertiary alicyclic amines) is 2. The van der Waals surface area contributed by atoms with Gasteiger partial charge in [0.1, 0.15) is 5.82 Å². The molecule has 0 unspecified atom stereocenters. The Hall–Kier alpha value is -3.49. The van der Waals surface area contributed by atoms with Crippen LogP contribution in [0.1, 0.15) is 29.5 Å². The first-order valence-corrected chi connectivity index (χ1v) is 11.6. The Bertz CT molecular complexity index is 1250. The second kappa shape index (κ2) is 10.2. The third-order valence-corrected chi connectivity index (χ3v) is 6.67. The minimum absolute atomic E-state index is 0.0274. The van der Waals surface area contributed by atoms with Gasteiger partial charge in [-0.05, 0) is 42.7 Å². The van der Waals surface area contributed by atoms with Gasteiger partial charge in [-0.15, -0.1) is 0 Å². The summed E-state index contributed by atoms with van der Waals surface area (Å²) in [7, 11) is 0. The summed E-state index contributed by atoms with van der Waals surface area (Å²) in [6, 6.07) is -1.11. The summed E-state index contributed by atoms with van der Waals surface area (Å²) in [6.07, 6.45) is -10.3. The van der Waals surface area contributed by atoms with Crippen LogP contribution in [0.2, 0.25) is 0 Å². The van der Waals surface area contributed by atoms with E-state index in [1.54, 1.807) is 0 Å². The Morgan fingerprint density at radius 3 is 1.92 bits per heavy atom. The van der Waals surface area contributed by atoms with Crippen LogP contribution in [0.3, 0.4) is 0 Å². The molecule has 39 heavy (non-hydrogen) atoms. The molecule has 2 aliphatic rings. The van der Waals surface area contributed by atoms with Crippen LogP contribution in [0.25, 0.3) is 0 Å². The second-order valence-corrected chi connectivity index (χ2v) is 9.49. The van der Waals surface area contributed by atoms with Crippen molar-refractivity contribution < 1.29 is 49.1 Å². The molecule has 3 atom stereocenters. The van der Waals surface area contributed by atoms with E-state index in [-0.39, 0.29) is 37.6 Å². The Morgan fingerprint density at radius 2 is 1.38 bits per heavy atom. The largest absolute Gasteiger partial charge is 0.416 e. The molecule has 212 valence electrons. The van der Waals surface area contributed by atoms with E-state index in [1.807, 2.05) is 0 Å². The quantitative estimate of drug-likeness (QED) is 0.397. The Balaban J connectivity index is 1.37. The van der Waals surface area contributed by atoms with E-state index in [1.165, 1.54) is 9.80 Å². The number of carbonyl (C=O) groups excluding carboxylic acids is 2. The number of amides is 3. The van der Waals surface area contributed by atoms with Gasteiger partial charge in [0.2, 0.25) is 5.91 Å². The zero-order chi connectivity index (χ0) is 28.9. The number of piperazine rings is 1. The molecule has 0 aromatic heterocycles. The number of nitrogens with one attached hydrogen (secondary N) is 1. The van der Waals surface area contributed by atoms with Gasteiger partial charge < -0.3 is 20.9 Å². The van der Waals surface area contributed by atoms with E-state index in [4.69, 9.17) is 5.73 Å². The molecule has 2 bridgehead atoms. The minimum atomic E-state index is -5.08. The number of halogens is 9. The molecule has 0 saturated carbocycles. The predicted octanol–water partition coefficient (Wildman–Crippen LogP) is 4.92. The Morgan fingerprint density at radius 1 is 0.846 bits per heavy atom. The fraction of sp³-hybridized carbons (Fsp3) is 0.417. The van der Waals surface area contributed by atoms with Gasteiger partial charge in [0, 0.05) is 37.3 Å². The van der Waals surface area contributed by atoms with Crippen LogP contribution in [0.4, 0.5) is 50.0 Å². The van der Waals surface area contributed by atoms with Crippen molar-refractivity contribution in [1.29, 1.82) is 0 Å². The zero-order valence-corrected chi connectivity index (χ0v) is 19.8. The molecule has 0 aliphatic carbocycles. The van der Waals surface area contributed by atoms with Gasteiger partial charge in [-0.1, -0.05) is 0 Å². The molecule has 2 fully saturated rings. The van der Waals surface area contributed by atoms with Gasteiger partial charge in [0.05, 0.1) is 23.2 Å². The molecule has 3 N–H and O–H groups in total.